The summed E-state index contributed by atoms with van der Waals surface area (Å²) in [6.45, 7) is -0.590. The van der Waals surface area contributed by atoms with Gasteiger partial charge < -0.3 is 20.8 Å². The molecule has 0 aromatic heterocycles. The molecule has 1 fully saturated rings. The molecule has 0 heterocycles. The van der Waals surface area contributed by atoms with E-state index < -0.39 is 18.6 Å². The molecule has 6 heteroatoms. The Balaban J connectivity index is 2.54. The van der Waals surface area contributed by atoms with Crippen molar-refractivity contribution in [2.45, 2.75) is 50.1 Å². The van der Waals surface area contributed by atoms with E-state index in [4.69, 9.17) is 10.2 Å². The quantitative estimate of drug-likeness (QED) is 0.531. The number of carbonyl (C=O) groups is 2. The molecular formula is C12H22N2O4. The first-order valence-corrected chi connectivity index (χ1v) is 6.35. The van der Waals surface area contributed by atoms with Gasteiger partial charge in [0.1, 0.15) is 6.04 Å². The van der Waals surface area contributed by atoms with Gasteiger partial charge in [0.05, 0.1) is 6.61 Å². The number of hydrogen-bond acceptors (Lipinski definition) is 4. The molecule has 0 unspecified atom stereocenters. The molecule has 0 bridgehead atoms. The Morgan fingerprint density at radius 2 is 1.89 bits per heavy atom. The van der Waals surface area contributed by atoms with Gasteiger partial charge in [-0.25, -0.2) is 4.79 Å². The lowest BCUT2D eigenvalue weighted by atomic mass is 9.79. The van der Waals surface area contributed by atoms with E-state index in [0.717, 1.165) is 25.7 Å². The van der Waals surface area contributed by atoms with Crippen LogP contribution in [0.1, 0.15) is 38.5 Å². The molecular weight excluding hydrogens is 236 g/mol. The number of amides is 1. The Morgan fingerprint density at radius 3 is 2.33 bits per heavy atom. The fraction of sp³-hybridized carbons (Fsp3) is 0.833. The van der Waals surface area contributed by atoms with Crippen molar-refractivity contribution >= 4 is 11.9 Å². The van der Waals surface area contributed by atoms with E-state index >= 15 is 0 Å². The minimum atomic E-state index is -1.21. The summed E-state index contributed by atoms with van der Waals surface area (Å²) < 4.78 is 0. The Morgan fingerprint density at radius 1 is 1.28 bits per heavy atom. The summed E-state index contributed by atoms with van der Waals surface area (Å²) in [5, 5.41) is 23.2. The van der Waals surface area contributed by atoms with Crippen LogP contribution < -0.4 is 10.6 Å². The summed E-state index contributed by atoms with van der Waals surface area (Å²) in [5.74, 6) is -1.54. The maximum atomic E-state index is 11.8. The van der Waals surface area contributed by atoms with E-state index in [-0.39, 0.29) is 17.9 Å². The van der Waals surface area contributed by atoms with E-state index in [0.29, 0.717) is 0 Å². The first-order chi connectivity index (χ1) is 8.53. The normalized spacial score (nSPS) is 20.1. The van der Waals surface area contributed by atoms with E-state index in [2.05, 4.69) is 10.6 Å². The van der Waals surface area contributed by atoms with Crippen molar-refractivity contribution in [1.29, 1.82) is 0 Å². The second-order valence-corrected chi connectivity index (χ2v) is 4.91. The molecule has 0 saturated heterocycles. The zero-order valence-corrected chi connectivity index (χ0v) is 10.7. The summed E-state index contributed by atoms with van der Waals surface area (Å²) in [4.78, 5) is 22.5. The van der Waals surface area contributed by atoms with Crippen molar-refractivity contribution in [3.05, 3.63) is 0 Å². The third kappa shape index (κ3) is 3.96. The summed E-state index contributed by atoms with van der Waals surface area (Å²) >= 11 is 0. The van der Waals surface area contributed by atoms with E-state index in [1.807, 2.05) is 7.05 Å². The van der Waals surface area contributed by atoms with Crippen molar-refractivity contribution < 1.29 is 19.8 Å². The highest BCUT2D eigenvalue weighted by atomic mass is 16.4. The Hall–Kier alpha value is -1.14. The fourth-order valence-corrected chi connectivity index (χ4v) is 2.48. The van der Waals surface area contributed by atoms with E-state index in [1.54, 1.807) is 0 Å². The molecule has 1 saturated carbocycles. The molecule has 18 heavy (non-hydrogen) atoms. The Kier molecular flexibility index (Phi) is 5.55. The summed E-state index contributed by atoms with van der Waals surface area (Å²) in [6, 6.07) is -1.21. The average molecular weight is 258 g/mol. The van der Waals surface area contributed by atoms with Crippen molar-refractivity contribution in [2.24, 2.45) is 0 Å². The molecule has 0 spiro atoms. The molecule has 1 aliphatic carbocycles. The number of carboxylic acid groups (broad SMARTS) is 1. The van der Waals surface area contributed by atoms with Gasteiger partial charge in [-0.3, -0.25) is 4.79 Å². The van der Waals surface area contributed by atoms with Gasteiger partial charge in [0, 0.05) is 12.0 Å². The zero-order chi connectivity index (χ0) is 13.6. The Bertz CT molecular complexity index is 300. The predicted molar refractivity (Wildman–Crippen MR) is 66.1 cm³/mol. The van der Waals surface area contributed by atoms with Crippen LogP contribution in [0.25, 0.3) is 0 Å². The number of carboxylic acids is 1. The number of aliphatic hydroxyl groups excluding tert-OH is 1. The highest BCUT2D eigenvalue weighted by molar-refractivity contribution is 5.84. The molecule has 1 atom stereocenters. The number of nitrogens with one attached hydrogen (secondary N) is 2. The highest BCUT2D eigenvalue weighted by Crippen LogP contribution is 2.30. The maximum absolute atomic E-state index is 11.8. The van der Waals surface area contributed by atoms with Crippen LogP contribution in [0.15, 0.2) is 0 Å². The van der Waals surface area contributed by atoms with E-state index in [9.17, 15) is 9.59 Å². The molecule has 1 rings (SSSR count). The van der Waals surface area contributed by atoms with Gasteiger partial charge in [-0.1, -0.05) is 19.3 Å². The average Bonchev–Trinajstić information content (AvgIpc) is 2.36. The van der Waals surface area contributed by atoms with Crippen molar-refractivity contribution in [2.75, 3.05) is 13.7 Å². The monoisotopic (exact) mass is 258 g/mol. The molecule has 0 radical (unpaired) electrons. The van der Waals surface area contributed by atoms with Gasteiger partial charge in [0.2, 0.25) is 5.91 Å². The molecule has 104 valence electrons. The van der Waals surface area contributed by atoms with Gasteiger partial charge in [-0.2, -0.15) is 0 Å². The van der Waals surface area contributed by atoms with Crippen molar-refractivity contribution in [3.8, 4) is 0 Å². The van der Waals surface area contributed by atoms with Crippen LogP contribution in [0.3, 0.4) is 0 Å². The summed E-state index contributed by atoms with van der Waals surface area (Å²) in [5.41, 5.74) is -0.221. The molecule has 4 N–H and O–H groups in total. The van der Waals surface area contributed by atoms with Crippen LogP contribution >= 0.6 is 0 Å². The third-order valence-corrected chi connectivity index (χ3v) is 3.66. The standard InChI is InChI=1S/C12H22N2O4/c1-13-12(5-3-2-4-6-12)7-10(16)14-9(8-15)11(17)18/h9,13,15H,2-8H2,1H3,(H,14,16)(H,17,18)/t9-/m0/s1. The zero-order valence-electron chi connectivity index (χ0n) is 10.7. The number of aliphatic carboxylic acids is 1. The highest BCUT2D eigenvalue weighted by Gasteiger charge is 2.33. The van der Waals surface area contributed by atoms with Gasteiger partial charge in [0.15, 0.2) is 0 Å². The number of rotatable bonds is 6. The largest absolute Gasteiger partial charge is 0.480 e. The SMILES string of the molecule is CNC1(CC(=O)N[C@@H](CO)C(=O)O)CCCCC1. The number of hydrogen-bond donors (Lipinski definition) is 4. The number of aliphatic hydroxyl groups is 1. The minimum Gasteiger partial charge on any atom is -0.480 e. The van der Waals surface area contributed by atoms with E-state index in [1.165, 1.54) is 6.42 Å². The molecule has 0 aromatic carbocycles. The van der Waals surface area contributed by atoms with Crippen LogP contribution in [0.4, 0.5) is 0 Å². The second kappa shape index (κ2) is 6.70. The minimum absolute atomic E-state index is 0.221. The topological polar surface area (TPSA) is 98.7 Å². The number of carbonyl (C=O) groups excluding carboxylic acids is 1. The first kappa shape index (κ1) is 14.9. The second-order valence-electron chi connectivity index (χ2n) is 4.91. The molecule has 0 aliphatic heterocycles. The Labute approximate surface area is 107 Å². The van der Waals surface area contributed by atoms with Crippen LogP contribution in [0, 0.1) is 0 Å². The molecule has 0 aromatic rings. The van der Waals surface area contributed by atoms with Crippen LogP contribution in [-0.2, 0) is 9.59 Å². The van der Waals surface area contributed by atoms with Gasteiger partial charge in [0.25, 0.3) is 0 Å². The summed E-state index contributed by atoms with van der Waals surface area (Å²) in [7, 11) is 1.83. The van der Waals surface area contributed by atoms with Crippen molar-refractivity contribution in [1.82, 2.24) is 10.6 Å². The lowest BCUT2D eigenvalue weighted by Gasteiger charge is -2.36. The van der Waals surface area contributed by atoms with Crippen LogP contribution in [-0.4, -0.2) is 47.3 Å². The molecule has 6 nitrogen and oxygen atoms in total. The van der Waals surface area contributed by atoms with Crippen molar-refractivity contribution in [3.63, 3.8) is 0 Å². The maximum Gasteiger partial charge on any atom is 0.328 e. The first-order valence-electron chi connectivity index (χ1n) is 6.35. The lowest BCUT2D eigenvalue weighted by Crippen LogP contribution is -2.51. The third-order valence-electron chi connectivity index (χ3n) is 3.66. The van der Waals surface area contributed by atoms with Gasteiger partial charge >= 0.3 is 5.97 Å². The molecule has 1 aliphatic rings. The fourth-order valence-electron chi connectivity index (χ4n) is 2.48. The molecule has 1 amide bonds. The van der Waals surface area contributed by atoms with Crippen LogP contribution in [0.5, 0.6) is 0 Å². The van der Waals surface area contributed by atoms with Gasteiger partial charge in [-0.05, 0) is 19.9 Å². The predicted octanol–water partition coefficient (Wildman–Crippen LogP) is -0.139. The smallest absolute Gasteiger partial charge is 0.328 e. The van der Waals surface area contributed by atoms with Crippen LogP contribution in [0.2, 0.25) is 0 Å². The lowest BCUT2D eigenvalue weighted by molar-refractivity contribution is -0.143. The van der Waals surface area contributed by atoms with Gasteiger partial charge in [-0.15, -0.1) is 0 Å². The summed E-state index contributed by atoms with van der Waals surface area (Å²) in [6.07, 6.45) is 5.45.